The smallest absolute Gasteiger partial charge is 0.225 e. The number of carbonyl (C=O) groups is 1. The molecule has 0 bridgehead atoms. The number of ether oxygens (including phenoxy) is 1. The Bertz CT molecular complexity index is 824. The summed E-state index contributed by atoms with van der Waals surface area (Å²) in [6.07, 6.45) is 4.29. The lowest BCUT2D eigenvalue weighted by Gasteiger charge is -2.35. The van der Waals surface area contributed by atoms with Crippen LogP contribution in [-0.2, 0) is 6.42 Å². The number of rotatable bonds is 3. The van der Waals surface area contributed by atoms with Gasteiger partial charge < -0.3 is 9.64 Å². The van der Waals surface area contributed by atoms with Crippen LogP contribution in [0.2, 0.25) is 0 Å². The van der Waals surface area contributed by atoms with E-state index in [0.717, 1.165) is 42.5 Å². The monoisotopic (exact) mass is 365 g/mol. The highest BCUT2D eigenvalue weighted by molar-refractivity contribution is 5.98. The third-order valence-electron chi connectivity index (χ3n) is 5.77. The molecule has 5 nitrogen and oxygen atoms in total. The van der Waals surface area contributed by atoms with Crippen LogP contribution in [-0.4, -0.2) is 36.0 Å². The van der Waals surface area contributed by atoms with Gasteiger partial charge in [-0.3, -0.25) is 4.79 Å². The fourth-order valence-corrected chi connectivity index (χ4v) is 4.52. The average molecular weight is 365 g/mol. The van der Waals surface area contributed by atoms with Gasteiger partial charge in [0, 0.05) is 25.7 Å². The first-order chi connectivity index (χ1) is 13.0. The van der Waals surface area contributed by atoms with Gasteiger partial charge in [0.25, 0.3) is 0 Å². The largest absolute Gasteiger partial charge is 0.497 e. The molecular weight excluding hydrogens is 338 g/mol. The van der Waals surface area contributed by atoms with Gasteiger partial charge in [-0.2, -0.15) is 0 Å². The highest BCUT2D eigenvalue weighted by atomic mass is 16.5. The molecule has 1 aromatic heterocycles. The van der Waals surface area contributed by atoms with Gasteiger partial charge in [0.05, 0.1) is 18.4 Å². The van der Waals surface area contributed by atoms with Crippen molar-refractivity contribution in [1.82, 2.24) is 9.97 Å². The second kappa shape index (κ2) is 7.29. The predicted octanol–water partition coefficient (Wildman–Crippen LogP) is 3.88. The minimum atomic E-state index is 0.143. The van der Waals surface area contributed by atoms with Crippen LogP contribution in [0, 0.1) is 11.8 Å². The number of anilines is 1. The highest BCUT2D eigenvalue weighted by Gasteiger charge is 2.30. The molecule has 0 amide bonds. The lowest BCUT2D eigenvalue weighted by molar-refractivity contribution is 0.0962. The van der Waals surface area contributed by atoms with E-state index in [2.05, 4.69) is 35.9 Å². The summed E-state index contributed by atoms with van der Waals surface area (Å²) in [7, 11) is 1.66. The molecule has 2 heterocycles. The molecule has 0 N–H and O–H groups in total. The molecule has 2 aliphatic rings. The number of benzene rings is 1. The van der Waals surface area contributed by atoms with Crippen molar-refractivity contribution < 1.29 is 9.53 Å². The average Bonchev–Trinajstić information content (AvgIpc) is 2.67. The topological polar surface area (TPSA) is 55.3 Å². The number of carbonyl (C=O) groups excluding carboxylic acids is 1. The number of methoxy groups -OCH3 is 1. The molecule has 0 saturated carbocycles. The number of hydrogen-bond donors (Lipinski definition) is 0. The van der Waals surface area contributed by atoms with Gasteiger partial charge in [0.15, 0.2) is 5.78 Å². The van der Waals surface area contributed by atoms with Crippen LogP contribution >= 0.6 is 0 Å². The van der Waals surface area contributed by atoms with Crippen LogP contribution in [0.5, 0.6) is 5.75 Å². The molecule has 3 atom stereocenters. The molecule has 27 heavy (non-hydrogen) atoms. The first kappa shape index (κ1) is 18.0. The first-order valence-corrected chi connectivity index (χ1v) is 9.81. The van der Waals surface area contributed by atoms with E-state index in [-0.39, 0.29) is 11.7 Å². The van der Waals surface area contributed by atoms with Gasteiger partial charge >= 0.3 is 0 Å². The maximum absolute atomic E-state index is 12.7. The minimum Gasteiger partial charge on any atom is -0.497 e. The van der Waals surface area contributed by atoms with Crippen molar-refractivity contribution in [2.45, 2.75) is 39.0 Å². The molecule has 5 heteroatoms. The van der Waals surface area contributed by atoms with E-state index in [1.807, 2.05) is 12.1 Å². The van der Waals surface area contributed by atoms with E-state index in [4.69, 9.17) is 9.72 Å². The van der Waals surface area contributed by atoms with E-state index in [1.54, 1.807) is 13.3 Å². The van der Waals surface area contributed by atoms with Crippen LogP contribution in [0.25, 0.3) is 0 Å². The third-order valence-corrected chi connectivity index (χ3v) is 5.77. The lowest BCUT2D eigenvalue weighted by atomic mass is 9.82. The number of Topliss-reactive ketones (excluding diaryl/α,β-unsaturated/α-hetero) is 1. The molecule has 1 aliphatic heterocycles. The molecule has 1 saturated heterocycles. The number of piperidine rings is 1. The molecule has 2 aromatic rings. The maximum Gasteiger partial charge on any atom is 0.225 e. The Kier molecular flexibility index (Phi) is 4.85. The Morgan fingerprint density at radius 1 is 1.07 bits per heavy atom. The second-order valence-electron chi connectivity index (χ2n) is 8.18. The zero-order valence-electron chi connectivity index (χ0n) is 16.3. The van der Waals surface area contributed by atoms with Crippen LogP contribution in [0.4, 0.5) is 5.95 Å². The summed E-state index contributed by atoms with van der Waals surface area (Å²) in [4.78, 5) is 24.3. The molecule has 4 rings (SSSR count). The van der Waals surface area contributed by atoms with Crippen LogP contribution in [0.3, 0.4) is 0 Å². The number of nitrogens with zero attached hydrogens (tertiary/aromatic N) is 3. The van der Waals surface area contributed by atoms with Gasteiger partial charge in [0.1, 0.15) is 5.75 Å². The van der Waals surface area contributed by atoms with Gasteiger partial charge in [-0.05, 0) is 48.3 Å². The van der Waals surface area contributed by atoms with Crippen LogP contribution < -0.4 is 9.64 Å². The molecule has 1 aliphatic carbocycles. The molecule has 0 unspecified atom stereocenters. The van der Waals surface area contributed by atoms with Gasteiger partial charge in [-0.1, -0.05) is 26.0 Å². The van der Waals surface area contributed by atoms with E-state index in [1.165, 1.54) is 6.42 Å². The summed E-state index contributed by atoms with van der Waals surface area (Å²) in [5.41, 5.74) is 2.75. The number of ketones is 1. The Morgan fingerprint density at radius 3 is 2.44 bits per heavy atom. The Balaban J connectivity index is 1.59. The third kappa shape index (κ3) is 3.68. The van der Waals surface area contributed by atoms with Crippen LogP contribution in [0.1, 0.15) is 54.2 Å². The summed E-state index contributed by atoms with van der Waals surface area (Å²) < 4.78 is 5.24. The standard InChI is InChI=1S/C22H27N3O2/c1-14-8-15(2)13-25(12-14)22-23-11-19-20(24-22)9-17(10-21(19)26)16-4-6-18(27-3)7-5-16/h4-7,11,14-15,17H,8-10,12-13H2,1-3H3/t14-,15-,17-/m0/s1. The van der Waals surface area contributed by atoms with Gasteiger partial charge in [-0.15, -0.1) is 0 Å². The molecule has 142 valence electrons. The fourth-order valence-electron chi connectivity index (χ4n) is 4.52. The molecule has 1 aromatic carbocycles. The number of aromatic nitrogens is 2. The lowest BCUT2D eigenvalue weighted by Crippen LogP contribution is -2.40. The summed E-state index contributed by atoms with van der Waals surface area (Å²) in [5, 5.41) is 0. The molecule has 1 fully saturated rings. The van der Waals surface area contributed by atoms with Crippen molar-refractivity contribution in [3.63, 3.8) is 0 Å². The zero-order chi connectivity index (χ0) is 19.0. The van der Waals surface area contributed by atoms with E-state index >= 15 is 0 Å². The normalized spacial score (nSPS) is 25.2. The molecule has 0 radical (unpaired) electrons. The van der Waals surface area contributed by atoms with E-state index < -0.39 is 0 Å². The maximum atomic E-state index is 12.7. The van der Waals surface area contributed by atoms with Crippen LogP contribution in [0.15, 0.2) is 30.5 Å². The van der Waals surface area contributed by atoms with Crippen molar-refractivity contribution in [3.05, 3.63) is 47.3 Å². The molecule has 0 spiro atoms. The first-order valence-electron chi connectivity index (χ1n) is 9.81. The van der Waals surface area contributed by atoms with E-state index in [9.17, 15) is 4.79 Å². The van der Waals surface area contributed by atoms with Crippen molar-refractivity contribution in [1.29, 1.82) is 0 Å². The van der Waals surface area contributed by atoms with Gasteiger partial charge in [-0.25, -0.2) is 9.97 Å². The van der Waals surface area contributed by atoms with Crippen molar-refractivity contribution in [3.8, 4) is 5.75 Å². The number of fused-ring (bicyclic) bond motifs is 1. The second-order valence-corrected chi connectivity index (χ2v) is 8.18. The highest BCUT2D eigenvalue weighted by Crippen LogP contribution is 2.33. The predicted molar refractivity (Wildman–Crippen MR) is 106 cm³/mol. The fraction of sp³-hybridized carbons (Fsp3) is 0.500. The summed E-state index contributed by atoms with van der Waals surface area (Å²) in [6.45, 7) is 6.53. The molecular formula is C22H27N3O2. The SMILES string of the molecule is COc1ccc([C@@H]2CC(=O)c3cnc(N4C[C@@H](C)C[C@H](C)C4)nc3C2)cc1. The zero-order valence-corrected chi connectivity index (χ0v) is 16.3. The minimum absolute atomic E-state index is 0.143. The summed E-state index contributed by atoms with van der Waals surface area (Å²) in [6, 6.07) is 8.02. The summed E-state index contributed by atoms with van der Waals surface area (Å²) in [5.74, 6) is 3.19. The van der Waals surface area contributed by atoms with Crippen molar-refractivity contribution >= 4 is 11.7 Å². The van der Waals surface area contributed by atoms with Gasteiger partial charge in [0.2, 0.25) is 5.95 Å². The number of hydrogen-bond acceptors (Lipinski definition) is 5. The van der Waals surface area contributed by atoms with Crippen molar-refractivity contribution in [2.24, 2.45) is 11.8 Å². The summed E-state index contributed by atoms with van der Waals surface area (Å²) >= 11 is 0. The van der Waals surface area contributed by atoms with E-state index in [0.29, 0.717) is 23.8 Å². The van der Waals surface area contributed by atoms with Crippen molar-refractivity contribution in [2.75, 3.05) is 25.1 Å². The quantitative estimate of drug-likeness (QED) is 0.826. The Hall–Kier alpha value is -2.43. The Morgan fingerprint density at radius 2 is 1.78 bits per heavy atom. The Labute approximate surface area is 160 Å².